The van der Waals surface area contributed by atoms with Gasteiger partial charge in [-0.15, -0.1) is 0 Å². The molecule has 0 aromatic carbocycles. The number of halogens is 2. The third-order valence-corrected chi connectivity index (χ3v) is 3.57. The summed E-state index contributed by atoms with van der Waals surface area (Å²) in [4.78, 5) is 6.99. The fourth-order valence-electron chi connectivity index (χ4n) is 1.20. The summed E-state index contributed by atoms with van der Waals surface area (Å²) >= 11 is 5.61. The summed E-state index contributed by atoms with van der Waals surface area (Å²) in [5.74, 6) is -0.690. The van der Waals surface area contributed by atoms with Gasteiger partial charge in [0.2, 0.25) is 5.95 Å². The molecule has 2 aromatic heterocycles. The minimum Gasteiger partial charge on any atom is -0.278 e. The van der Waals surface area contributed by atoms with Crippen molar-refractivity contribution in [3.63, 3.8) is 0 Å². The highest BCUT2D eigenvalue weighted by molar-refractivity contribution is 7.92. The van der Waals surface area contributed by atoms with Crippen molar-refractivity contribution in [1.82, 2.24) is 9.97 Å². The number of nitrogens with zero attached hydrogens (tertiary/aromatic N) is 2. The highest BCUT2D eigenvalue weighted by Gasteiger charge is 2.14. The summed E-state index contributed by atoms with van der Waals surface area (Å²) in [5.41, 5.74) is 0.157. The van der Waals surface area contributed by atoms with Crippen LogP contribution in [0.15, 0.2) is 41.6 Å². The van der Waals surface area contributed by atoms with E-state index in [4.69, 9.17) is 11.6 Å². The molecule has 0 radical (unpaired) electrons. The van der Waals surface area contributed by atoms with Gasteiger partial charge in [-0.25, -0.2) is 18.4 Å². The zero-order chi connectivity index (χ0) is 13.2. The molecule has 0 aliphatic heterocycles. The molecule has 2 heterocycles. The van der Waals surface area contributed by atoms with Crippen molar-refractivity contribution in [3.8, 4) is 0 Å². The van der Waals surface area contributed by atoms with Crippen LogP contribution in [0.2, 0.25) is 5.15 Å². The second kappa shape index (κ2) is 4.87. The molecule has 0 bridgehead atoms. The monoisotopic (exact) mass is 287 g/mol. The van der Waals surface area contributed by atoms with Crippen LogP contribution in [-0.2, 0) is 10.0 Å². The summed E-state index contributed by atoms with van der Waals surface area (Å²) in [5, 5.41) is 0.0649. The molecular weight excluding hydrogens is 281 g/mol. The Labute approximate surface area is 108 Å². The topological polar surface area (TPSA) is 72.0 Å². The van der Waals surface area contributed by atoms with E-state index in [0.29, 0.717) is 0 Å². The lowest BCUT2D eigenvalue weighted by Crippen LogP contribution is -2.13. The maximum absolute atomic E-state index is 12.6. The Bertz CT molecular complexity index is 661. The molecule has 0 fully saturated rings. The third-order valence-electron chi connectivity index (χ3n) is 1.99. The van der Waals surface area contributed by atoms with Crippen molar-refractivity contribution in [2.24, 2.45) is 0 Å². The number of hydrogen-bond donors (Lipinski definition) is 1. The number of nitrogens with one attached hydrogen (secondary N) is 1. The molecule has 1 N–H and O–H groups in total. The molecule has 94 valence electrons. The van der Waals surface area contributed by atoms with Crippen molar-refractivity contribution in [3.05, 3.63) is 47.8 Å². The van der Waals surface area contributed by atoms with Crippen LogP contribution in [0.25, 0.3) is 0 Å². The van der Waals surface area contributed by atoms with Crippen molar-refractivity contribution >= 4 is 27.3 Å². The molecule has 0 atom stereocenters. The quantitative estimate of drug-likeness (QED) is 0.877. The summed E-state index contributed by atoms with van der Waals surface area (Å²) in [7, 11) is -3.79. The summed E-state index contributed by atoms with van der Waals surface area (Å²) < 4.78 is 38.7. The molecule has 5 nitrogen and oxygen atoms in total. The van der Waals surface area contributed by atoms with E-state index in [1.165, 1.54) is 24.4 Å². The first-order chi connectivity index (χ1) is 8.47. The number of hydrogen-bond acceptors (Lipinski definition) is 4. The lowest BCUT2D eigenvalue weighted by molar-refractivity contribution is 0.583. The van der Waals surface area contributed by atoms with Gasteiger partial charge < -0.3 is 0 Å². The molecule has 2 aromatic rings. The number of aromatic nitrogens is 2. The van der Waals surface area contributed by atoms with E-state index in [1.807, 2.05) is 0 Å². The van der Waals surface area contributed by atoms with Gasteiger partial charge in [0.05, 0.1) is 16.8 Å². The Morgan fingerprint density at radius 2 is 2.00 bits per heavy atom. The fraction of sp³-hybridized carbons (Fsp3) is 0. The van der Waals surface area contributed by atoms with Gasteiger partial charge in [0.1, 0.15) is 5.15 Å². The van der Waals surface area contributed by atoms with Crippen LogP contribution in [0.1, 0.15) is 0 Å². The van der Waals surface area contributed by atoms with Crippen molar-refractivity contribution in [2.45, 2.75) is 4.90 Å². The lowest BCUT2D eigenvalue weighted by atomic mass is 10.4. The minimum atomic E-state index is -3.79. The highest BCUT2D eigenvalue weighted by Crippen LogP contribution is 2.17. The summed E-state index contributed by atoms with van der Waals surface area (Å²) in [6.45, 7) is 0. The molecular formula is C10H7ClFN3O2S. The number of sulfonamides is 1. The van der Waals surface area contributed by atoms with Gasteiger partial charge in [-0.05, 0) is 24.3 Å². The second-order valence-corrected chi connectivity index (χ2v) is 5.36. The van der Waals surface area contributed by atoms with Crippen LogP contribution in [0.3, 0.4) is 0 Å². The molecule has 0 aliphatic carbocycles. The standard InChI is InChI=1S/C10H7ClFN3O2S/c11-9-5-8(3-4-13-9)18(16,17)15-7-1-2-10(12)14-6-7/h1-6,15H. The molecule has 0 aliphatic rings. The van der Waals surface area contributed by atoms with Crippen LogP contribution in [0, 0.1) is 5.95 Å². The van der Waals surface area contributed by atoms with Crippen molar-refractivity contribution in [2.75, 3.05) is 4.72 Å². The first-order valence-corrected chi connectivity index (χ1v) is 6.59. The van der Waals surface area contributed by atoms with Gasteiger partial charge in [0.25, 0.3) is 10.0 Å². The fourth-order valence-corrected chi connectivity index (χ4v) is 2.50. The SMILES string of the molecule is O=S(=O)(Nc1ccc(F)nc1)c1ccnc(Cl)c1. The Kier molecular flexibility index (Phi) is 3.44. The molecule has 0 spiro atoms. The normalized spacial score (nSPS) is 11.2. The van der Waals surface area contributed by atoms with Crippen LogP contribution in [-0.4, -0.2) is 18.4 Å². The van der Waals surface area contributed by atoms with E-state index in [2.05, 4.69) is 14.7 Å². The zero-order valence-electron chi connectivity index (χ0n) is 8.84. The van der Waals surface area contributed by atoms with E-state index < -0.39 is 16.0 Å². The average Bonchev–Trinajstić information content (AvgIpc) is 2.32. The van der Waals surface area contributed by atoms with E-state index in [-0.39, 0.29) is 15.7 Å². The molecule has 0 saturated carbocycles. The Morgan fingerprint density at radius 3 is 2.61 bits per heavy atom. The second-order valence-electron chi connectivity index (χ2n) is 3.29. The largest absolute Gasteiger partial charge is 0.278 e. The number of pyridine rings is 2. The number of rotatable bonds is 3. The Hall–Kier alpha value is -1.73. The van der Waals surface area contributed by atoms with Gasteiger partial charge in [-0.1, -0.05) is 11.6 Å². The lowest BCUT2D eigenvalue weighted by Gasteiger charge is -2.07. The van der Waals surface area contributed by atoms with Crippen molar-refractivity contribution in [1.29, 1.82) is 0 Å². The van der Waals surface area contributed by atoms with Gasteiger partial charge in [0, 0.05) is 6.20 Å². The maximum atomic E-state index is 12.6. The maximum Gasteiger partial charge on any atom is 0.262 e. The average molecular weight is 288 g/mol. The van der Waals surface area contributed by atoms with E-state index in [0.717, 1.165) is 12.3 Å². The van der Waals surface area contributed by atoms with Crippen LogP contribution in [0.5, 0.6) is 0 Å². The predicted molar refractivity (Wildman–Crippen MR) is 64.3 cm³/mol. The Morgan fingerprint density at radius 1 is 1.22 bits per heavy atom. The smallest absolute Gasteiger partial charge is 0.262 e. The minimum absolute atomic E-state index is 0.0353. The first kappa shape index (κ1) is 12.7. The highest BCUT2D eigenvalue weighted by atomic mass is 35.5. The predicted octanol–water partition coefficient (Wildman–Crippen LogP) is 2.07. The van der Waals surface area contributed by atoms with Gasteiger partial charge >= 0.3 is 0 Å². The van der Waals surface area contributed by atoms with E-state index >= 15 is 0 Å². The zero-order valence-corrected chi connectivity index (χ0v) is 10.4. The molecule has 8 heteroatoms. The molecule has 2 rings (SSSR count). The van der Waals surface area contributed by atoms with Crippen LogP contribution < -0.4 is 4.72 Å². The summed E-state index contributed by atoms with van der Waals surface area (Å²) in [6.07, 6.45) is 2.36. The van der Waals surface area contributed by atoms with Gasteiger partial charge in [0.15, 0.2) is 0 Å². The van der Waals surface area contributed by atoms with Gasteiger partial charge in [-0.3, -0.25) is 4.72 Å². The molecule has 0 saturated heterocycles. The molecule has 0 amide bonds. The third kappa shape index (κ3) is 2.93. The van der Waals surface area contributed by atoms with E-state index in [9.17, 15) is 12.8 Å². The van der Waals surface area contributed by atoms with E-state index in [1.54, 1.807) is 0 Å². The van der Waals surface area contributed by atoms with Crippen molar-refractivity contribution < 1.29 is 12.8 Å². The molecule has 0 unspecified atom stereocenters. The van der Waals surface area contributed by atoms with Gasteiger partial charge in [-0.2, -0.15) is 4.39 Å². The van der Waals surface area contributed by atoms with Crippen LogP contribution >= 0.6 is 11.6 Å². The van der Waals surface area contributed by atoms with Crippen LogP contribution in [0.4, 0.5) is 10.1 Å². The first-order valence-electron chi connectivity index (χ1n) is 4.73. The molecule has 18 heavy (non-hydrogen) atoms. The number of anilines is 1. The summed E-state index contributed by atoms with van der Waals surface area (Å²) in [6, 6.07) is 4.83. The Balaban J connectivity index is 2.30.